The molecular formula is C17H18FN3O3S. The first-order valence-corrected chi connectivity index (χ1v) is 8.90. The Bertz CT molecular complexity index is 789. The van der Waals surface area contributed by atoms with Crippen molar-refractivity contribution in [3.05, 3.63) is 40.7 Å². The number of ether oxygens (including phenoxy) is 1. The van der Waals surface area contributed by atoms with Gasteiger partial charge in [0.15, 0.2) is 16.7 Å². The summed E-state index contributed by atoms with van der Waals surface area (Å²) in [5, 5.41) is 7.25. The van der Waals surface area contributed by atoms with E-state index in [0.717, 1.165) is 18.5 Å². The summed E-state index contributed by atoms with van der Waals surface area (Å²) in [7, 11) is 0. The Balaban J connectivity index is 1.50. The molecule has 2 amide bonds. The van der Waals surface area contributed by atoms with Gasteiger partial charge in [-0.25, -0.2) is 9.37 Å². The molecule has 0 aliphatic heterocycles. The summed E-state index contributed by atoms with van der Waals surface area (Å²) >= 11 is 1.30. The lowest BCUT2D eigenvalue weighted by molar-refractivity contribution is -0.136. The number of anilines is 1. The number of carbonyl (C=O) groups excluding carboxylic acids is 2. The normalized spacial score (nSPS) is 13.4. The fourth-order valence-corrected chi connectivity index (χ4v) is 3.04. The molecule has 1 aliphatic carbocycles. The van der Waals surface area contributed by atoms with Crippen LogP contribution in [-0.2, 0) is 16.1 Å². The Morgan fingerprint density at radius 1 is 1.36 bits per heavy atom. The van der Waals surface area contributed by atoms with Crippen LogP contribution in [0.15, 0.2) is 23.6 Å². The number of aromatic nitrogens is 1. The van der Waals surface area contributed by atoms with Crippen molar-refractivity contribution >= 4 is 28.3 Å². The van der Waals surface area contributed by atoms with Crippen LogP contribution in [0, 0.1) is 5.82 Å². The number of hydrogen-bond acceptors (Lipinski definition) is 5. The van der Waals surface area contributed by atoms with Gasteiger partial charge in [0, 0.05) is 17.8 Å². The van der Waals surface area contributed by atoms with Crippen molar-refractivity contribution in [2.24, 2.45) is 0 Å². The zero-order chi connectivity index (χ0) is 17.8. The average Bonchev–Trinajstić information content (AvgIpc) is 3.35. The molecule has 0 atom stereocenters. The first-order chi connectivity index (χ1) is 12.1. The first-order valence-electron chi connectivity index (χ1n) is 8.02. The third-order valence-corrected chi connectivity index (χ3v) is 4.47. The van der Waals surface area contributed by atoms with Crippen LogP contribution in [0.5, 0.6) is 5.75 Å². The number of halogens is 1. The maximum Gasteiger partial charge on any atom is 0.315 e. The van der Waals surface area contributed by atoms with E-state index in [0.29, 0.717) is 23.2 Å². The van der Waals surface area contributed by atoms with Gasteiger partial charge in [0.05, 0.1) is 12.3 Å². The van der Waals surface area contributed by atoms with Crippen LogP contribution in [0.3, 0.4) is 0 Å². The van der Waals surface area contributed by atoms with Crippen LogP contribution in [-0.4, -0.2) is 23.4 Å². The fourth-order valence-electron chi connectivity index (χ4n) is 2.25. The number of nitrogens with one attached hydrogen (secondary N) is 2. The van der Waals surface area contributed by atoms with Crippen molar-refractivity contribution in [2.45, 2.75) is 32.2 Å². The number of nitrogens with zero attached hydrogens (tertiary/aromatic N) is 1. The SMILES string of the molecule is CCOc1ccc(CNC(=O)C(=O)Nc2nc(C3CC3)cs2)cc1F. The van der Waals surface area contributed by atoms with Crippen molar-refractivity contribution in [3.63, 3.8) is 0 Å². The van der Waals surface area contributed by atoms with Crippen LogP contribution < -0.4 is 15.4 Å². The molecular weight excluding hydrogens is 345 g/mol. The summed E-state index contributed by atoms with van der Waals surface area (Å²) in [5.41, 5.74) is 1.50. The van der Waals surface area contributed by atoms with E-state index in [1.54, 1.807) is 13.0 Å². The molecule has 1 fully saturated rings. The largest absolute Gasteiger partial charge is 0.491 e. The summed E-state index contributed by atoms with van der Waals surface area (Å²) in [4.78, 5) is 28.0. The molecule has 8 heteroatoms. The van der Waals surface area contributed by atoms with Crippen molar-refractivity contribution in [1.82, 2.24) is 10.3 Å². The van der Waals surface area contributed by atoms with E-state index >= 15 is 0 Å². The van der Waals surface area contributed by atoms with E-state index in [4.69, 9.17) is 4.74 Å². The van der Waals surface area contributed by atoms with Crippen LogP contribution in [0.25, 0.3) is 0 Å². The van der Waals surface area contributed by atoms with Crippen LogP contribution in [0.4, 0.5) is 9.52 Å². The number of rotatable bonds is 6. The fraction of sp³-hybridized carbons (Fsp3) is 0.353. The van der Waals surface area contributed by atoms with Gasteiger partial charge < -0.3 is 10.1 Å². The molecule has 2 aromatic rings. The van der Waals surface area contributed by atoms with E-state index in [1.807, 2.05) is 5.38 Å². The Kier molecular flexibility index (Phi) is 5.28. The highest BCUT2D eigenvalue weighted by atomic mass is 32.1. The summed E-state index contributed by atoms with van der Waals surface area (Å²) in [6.07, 6.45) is 2.24. The average molecular weight is 363 g/mol. The van der Waals surface area contributed by atoms with Crippen molar-refractivity contribution < 1.29 is 18.7 Å². The van der Waals surface area contributed by atoms with Gasteiger partial charge in [-0.2, -0.15) is 0 Å². The van der Waals surface area contributed by atoms with Gasteiger partial charge in [0.2, 0.25) is 0 Å². The minimum atomic E-state index is -0.794. The molecule has 1 aromatic heterocycles. The zero-order valence-corrected chi connectivity index (χ0v) is 14.5. The van der Waals surface area contributed by atoms with Gasteiger partial charge in [-0.05, 0) is 37.5 Å². The monoisotopic (exact) mass is 363 g/mol. The molecule has 0 saturated heterocycles. The molecule has 0 radical (unpaired) electrons. The summed E-state index contributed by atoms with van der Waals surface area (Å²) < 4.78 is 18.9. The third-order valence-electron chi connectivity index (χ3n) is 3.69. The summed E-state index contributed by atoms with van der Waals surface area (Å²) in [5.74, 6) is -1.44. The lowest BCUT2D eigenvalue weighted by Gasteiger charge is -2.08. The topological polar surface area (TPSA) is 80.3 Å². The molecule has 3 rings (SSSR count). The van der Waals surface area contributed by atoms with Crippen molar-refractivity contribution in [1.29, 1.82) is 0 Å². The smallest absolute Gasteiger partial charge is 0.315 e. The second kappa shape index (κ2) is 7.60. The Morgan fingerprint density at radius 2 is 2.16 bits per heavy atom. The van der Waals surface area contributed by atoms with Gasteiger partial charge in [0.1, 0.15) is 0 Å². The lowest BCUT2D eigenvalue weighted by atomic mass is 10.2. The molecule has 0 spiro atoms. The molecule has 6 nitrogen and oxygen atoms in total. The summed E-state index contributed by atoms with van der Waals surface area (Å²) in [6, 6.07) is 4.40. The molecule has 1 heterocycles. The molecule has 25 heavy (non-hydrogen) atoms. The zero-order valence-electron chi connectivity index (χ0n) is 13.7. The Morgan fingerprint density at radius 3 is 2.84 bits per heavy atom. The van der Waals surface area contributed by atoms with E-state index < -0.39 is 17.6 Å². The molecule has 1 aliphatic rings. The van der Waals surface area contributed by atoms with Crippen LogP contribution in [0.1, 0.15) is 36.9 Å². The predicted molar refractivity (Wildman–Crippen MR) is 92.1 cm³/mol. The molecule has 2 N–H and O–H groups in total. The molecule has 1 aromatic carbocycles. The van der Waals surface area contributed by atoms with E-state index in [-0.39, 0.29) is 12.3 Å². The first kappa shape index (κ1) is 17.3. The summed E-state index contributed by atoms with van der Waals surface area (Å²) in [6.45, 7) is 2.18. The van der Waals surface area contributed by atoms with Crippen molar-refractivity contribution in [2.75, 3.05) is 11.9 Å². The second-order valence-electron chi connectivity index (χ2n) is 5.69. The number of benzene rings is 1. The van der Waals surface area contributed by atoms with Gasteiger partial charge in [-0.15, -0.1) is 11.3 Å². The van der Waals surface area contributed by atoms with Crippen LogP contribution in [0.2, 0.25) is 0 Å². The van der Waals surface area contributed by atoms with Crippen LogP contribution >= 0.6 is 11.3 Å². The van der Waals surface area contributed by atoms with Gasteiger partial charge in [-0.1, -0.05) is 6.07 Å². The van der Waals surface area contributed by atoms with E-state index in [1.165, 1.54) is 23.5 Å². The maximum atomic E-state index is 13.8. The van der Waals surface area contributed by atoms with Gasteiger partial charge in [-0.3, -0.25) is 14.9 Å². The number of hydrogen-bond donors (Lipinski definition) is 2. The highest BCUT2D eigenvalue weighted by Crippen LogP contribution is 2.40. The molecule has 132 valence electrons. The number of amides is 2. The highest BCUT2D eigenvalue weighted by Gasteiger charge is 2.26. The molecule has 1 saturated carbocycles. The van der Waals surface area contributed by atoms with Gasteiger partial charge in [0.25, 0.3) is 0 Å². The molecule has 0 bridgehead atoms. The number of carbonyl (C=O) groups is 2. The minimum absolute atomic E-state index is 0.0424. The van der Waals surface area contributed by atoms with E-state index in [2.05, 4.69) is 15.6 Å². The van der Waals surface area contributed by atoms with Gasteiger partial charge >= 0.3 is 11.8 Å². The second-order valence-corrected chi connectivity index (χ2v) is 6.54. The minimum Gasteiger partial charge on any atom is -0.491 e. The quantitative estimate of drug-likeness (QED) is 0.774. The van der Waals surface area contributed by atoms with E-state index in [9.17, 15) is 14.0 Å². The standard InChI is InChI=1S/C17H18FN3O3S/c1-2-24-14-6-3-10(7-12(14)18)8-19-15(22)16(23)21-17-20-13(9-25-17)11-4-5-11/h3,6-7,9,11H,2,4-5,8H2,1H3,(H,19,22)(H,20,21,23). The maximum absolute atomic E-state index is 13.8. The Labute approximate surface area is 148 Å². The number of thiazole rings is 1. The predicted octanol–water partition coefficient (Wildman–Crippen LogP) is 2.81. The Hall–Kier alpha value is -2.48. The lowest BCUT2D eigenvalue weighted by Crippen LogP contribution is -2.34. The van der Waals surface area contributed by atoms with Crippen molar-refractivity contribution in [3.8, 4) is 5.75 Å². The third kappa shape index (κ3) is 4.54. The molecule has 0 unspecified atom stereocenters. The highest BCUT2D eigenvalue weighted by molar-refractivity contribution is 7.14.